The average Bonchev–Trinajstić information content (AvgIpc) is 1.95. The molecule has 0 spiro atoms. The second kappa shape index (κ2) is 3.75. The summed E-state index contributed by atoms with van der Waals surface area (Å²) in [7, 11) is 2.17. The van der Waals surface area contributed by atoms with E-state index in [1.54, 1.807) is 0 Å². The van der Waals surface area contributed by atoms with Gasteiger partial charge in [0.05, 0.1) is 12.7 Å². The van der Waals surface area contributed by atoms with Crippen LogP contribution in [0.4, 0.5) is 0 Å². The summed E-state index contributed by atoms with van der Waals surface area (Å²) in [5.74, 6) is 0. The molecule has 1 saturated heterocycles. The van der Waals surface area contributed by atoms with Gasteiger partial charge in [0, 0.05) is 18.5 Å². The van der Waals surface area contributed by atoms with Gasteiger partial charge in [-0.1, -0.05) is 6.92 Å². The molecule has 0 aromatic heterocycles. The first-order chi connectivity index (χ1) is 5.58. The van der Waals surface area contributed by atoms with Crippen molar-refractivity contribution < 1.29 is 4.74 Å². The van der Waals surface area contributed by atoms with E-state index in [9.17, 15) is 0 Å². The first-order valence-electron chi connectivity index (χ1n) is 4.88. The predicted molar refractivity (Wildman–Crippen MR) is 51.3 cm³/mol. The van der Waals surface area contributed by atoms with E-state index in [0.29, 0.717) is 11.5 Å². The van der Waals surface area contributed by atoms with Crippen molar-refractivity contribution in [2.75, 3.05) is 26.7 Å². The SMILES string of the molecule is CCC1(COC(C)C)CN(C)C1. The maximum absolute atomic E-state index is 5.66. The molecule has 0 unspecified atom stereocenters. The lowest BCUT2D eigenvalue weighted by molar-refractivity contribution is -0.0726. The number of likely N-dealkylation sites (tertiary alicyclic amines) is 1. The van der Waals surface area contributed by atoms with E-state index in [4.69, 9.17) is 4.74 Å². The number of ether oxygens (including phenoxy) is 1. The Morgan fingerprint density at radius 2 is 2.00 bits per heavy atom. The molecule has 0 saturated carbocycles. The van der Waals surface area contributed by atoms with Crippen LogP contribution in [0.5, 0.6) is 0 Å². The predicted octanol–water partition coefficient (Wildman–Crippen LogP) is 1.75. The number of rotatable bonds is 4. The Morgan fingerprint density at radius 1 is 1.42 bits per heavy atom. The smallest absolute Gasteiger partial charge is 0.0550 e. The van der Waals surface area contributed by atoms with Crippen LogP contribution in [0.25, 0.3) is 0 Å². The molecule has 2 nitrogen and oxygen atoms in total. The Balaban J connectivity index is 2.27. The summed E-state index contributed by atoms with van der Waals surface area (Å²) in [6.45, 7) is 9.81. The fraction of sp³-hybridized carbons (Fsp3) is 1.00. The van der Waals surface area contributed by atoms with E-state index >= 15 is 0 Å². The molecule has 2 heteroatoms. The highest BCUT2D eigenvalue weighted by Gasteiger charge is 2.39. The molecular formula is C10H21NO. The fourth-order valence-corrected chi connectivity index (χ4v) is 1.86. The maximum atomic E-state index is 5.66. The fourth-order valence-electron chi connectivity index (χ4n) is 1.86. The van der Waals surface area contributed by atoms with Crippen molar-refractivity contribution in [1.82, 2.24) is 4.90 Å². The Bertz CT molecular complexity index is 139. The van der Waals surface area contributed by atoms with E-state index in [0.717, 1.165) is 6.61 Å². The molecule has 0 aromatic carbocycles. The third-order valence-electron chi connectivity index (χ3n) is 2.68. The van der Waals surface area contributed by atoms with Gasteiger partial charge in [-0.25, -0.2) is 0 Å². The third-order valence-corrected chi connectivity index (χ3v) is 2.68. The monoisotopic (exact) mass is 171 g/mol. The highest BCUT2D eigenvalue weighted by molar-refractivity contribution is 4.92. The molecule has 1 rings (SSSR count). The van der Waals surface area contributed by atoms with E-state index in [-0.39, 0.29) is 0 Å². The van der Waals surface area contributed by atoms with Gasteiger partial charge in [-0.3, -0.25) is 0 Å². The van der Waals surface area contributed by atoms with Gasteiger partial charge in [-0.2, -0.15) is 0 Å². The van der Waals surface area contributed by atoms with Crippen LogP contribution < -0.4 is 0 Å². The van der Waals surface area contributed by atoms with Gasteiger partial charge in [-0.05, 0) is 27.3 Å². The van der Waals surface area contributed by atoms with Crippen LogP contribution in [-0.4, -0.2) is 37.7 Å². The number of hydrogen-bond donors (Lipinski definition) is 0. The number of hydrogen-bond acceptors (Lipinski definition) is 2. The summed E-state index contributed by atoms with van der Waals surface area (Å²) in [4.78, 5) is 2.35. The van der Waals surface area contributed by atoms with Crippen LogP contribution in [0.1, 0.15) is 27.2 Å². The molecule has 0 aliphatic carbocycles. The largest absolute Gasteiger partial charge is 0.378 e. The molecule has 1 heterocycles. The molecule has 72 valence electrons. The second-order valence-electron chi connectivity index (χ2n) is 4.39. The van der Waals surface area contributed by atoms with Crippen LogP contribution in [0, 0.1) is 5.41 Å². The van der Waals surface area contributed by atoms with Crippen molar-refractivity contribution in [1.29, 1.82) is 0 Å². The molecule has 0 radical (unpaired) electrons. The highest BCUT2D eigenvalue weighted by Crippen LogP contribution is 2.32. The lowest BCUT2D eigenvalue weighted by Crippen LogP contribution is -2.56. The van der Waals surface area contributed by atoms with E-state index in [1.165, 1.54) is 19.5 Å². The molecular weight excluding hydrogens is 150 g/mol. The van der Waals surface area contributed by atoms with Gasteiger partial charge in [-0.15, -0.1) is 0 Å². The van der Waals surface area contributed by atoms with Gasteiger partial charge in [0.1, 0.15) is 0 Å². The zero-order chi connectivity index (χ0) is 9.19. The molecule has 0 N–H and O–H groups in total. The zero-order valence-corrected chi connectivity index (χ0v) is 8.76. The maximum Gasteiger partial charge on any atom is 0.0550 e. The van der Waals surface area contributed by atoms with Crippen LogP contribution in [0.2, 0.25) is 0 Å². The van der Waals surface area contributed by atoms with Gasteiger partial charge < -0.3 is 9.64 Å². The zero-order valence-electron chi connectivity index (χ0n) is 8.76. The summed E-state index contributed by atoms with van der Waals surface area (Å²) >= 11 is 0. The van der Waals surface area contributed by atoms with Gasteiger partial charge in [0.15, 0.2) is 0 Å². The van der Waals surface area contributed by atoms with Crippen LogP contribution in [-0.2, 0) is 4.74 Å². The minimum absolute atomic E-state index is 0.374. The Hall–Kier alpha value is -0.0800. The topological polar surface area (TPSA) is 12.5 Å². The van der Waals surface area contributed by atoms with E-state index in [2.05, 4.69) is 32.7 Å². The van der Waals surface area contributed by atoms with Crippen LogP contribution in [0.3, 0.4) is 0 Å². The summed E-state index contributed by atoms with van der Waals surface area (Å²) in [6, 6.07) is 0. The van der Waals surface area contributed by atoms with Crippen molar-refractivity contribution >= 4 is 0 Å². The van der Waals surface area contributed by atoms with Gasteiger partial charge in [0.25, 0.3) is 0 Å². The number of nitrogens with zero attached hydrogens (tertiary/aromatic N) is 1. The molecule has 0 aromatic rings. The molecule has 0 amide bonds. The lowest BCUT2D eigenvalue weighted by atomic mass is 9.78. The first-order valence-corrected chi connectivity index (χ1v) is 4.88. The average molecular weight is 171 g/mol. The second-order valence-corrected chi connectivity index (χ2v) is 4.39. The van der Waals surface area contributed by atoms with Crippen molar-refractivity contribution in [2.45, 2.75) is 33.3 Å². The minimum atomic E-state index is 0.374. The summed E-state index contributed by atoms with van der Waals surface area (Å²) in [5, 5.41) is 0. The summed E-state index contributed by atoms with van der Waals surface area (Å²) in [6.07, 6.45) is 1.61. The van der Waals surface area contributed by atoms with Gasteiger partial charge >= 0.3 is 0 Å². The standard InChI is InChI=1S/C10H21NO/c1-5-10(6-11(4)7-10)8-12-9(2)3/h9H,5-8H2,1-4H3. The highest BCUT2D eigenvalue weighted by atomic mass is 16.5. The third kappa shape index (κ3) is 2.20. The summed E-state index contributed by atoms with van der Waals surface area (Å²) < 4.78 is 5.66. The van der Waals surface area contributed by atoms with E-state index in [1.807, 2.05) is 0 Å². The molecule has 1 aliphatic rings. The molecule has 0 atom stereocenters. The van der Waals surface area contributed by atoms with Crippen molar-refractivity contribution in [3.8, 4) is 0 Å². The minimum Gasteiger partial charge on any atom is -0.378 e. The quantitative estimate of drug-likeness (QED) is 0.639. The van der Waals surface area contributed by atoms with Crippen molar-refractivity contribution in [3.63, 3.8) is 0 Å². The van der Waals surface area contributed by atoms with Crippen molar-refractivity contribution in [2.24, 2.45) is 5.41 Å². The summed E-state index contributed by atoms with van der Waals surface area (Å²) in [5.41, 5.74) is 0.471. The molecule has 0 bridgehead atoms. The van der Waals surface area contributed by atoms with Crippen molar-refractivity contribution in [3.05, 3.63) is 0 Å². The Kier molecular flexibility index (Phi) is 3.13. The van der Waals surface area contributed by atoms with E-state index < -0.39 is 0 Å². The molecule has 1 fully saturated rings. The van der Waals surface area contributed by atoms with Gasteiger partial charge in [0.2, 0.25) is 0 Å². The first kappa shape index (κ1) is 10.0. The van der Waals surface area contributed by atoms with Crippen LogP contribution >= 0.6 is 0 Å². The molecule has 12 heavy (non-hydrogen) atoms. The Morgan fingerprint density at radius 3 is 2.33 bits per heavy atom. The normalized spacial score (nSPS) is 22.8. The Labute approximate surface area is 75.9 Å². The lowest BCUT2D eigenvalue weighted by Gasteiger charge is -2.48. The van der Waals surface area contributed by atoms with Crippen LogP contribution in [0.15, 0.2) is 0 Å². The molecule has 1 aliphatic heterocycles.